The first-order chi connectivity index (χ1) is 8.72. The third kappa shape index (κ3) is 3.21. The summed E-state index contributed by atoms with van der Waals surface area (Å²) in [5.74, 6) is 0. The van der Waals surface area contributed by atoms with E-state index >= 15 is 0 Å². The van der Waals surface area contributed by atoms with Gasteiger partial charge in [0.15, 0.2) is 0 Å². The molecule has 18 heavy (non-hydrogen) atoms. The molecule has 3 nitrogen and oxygen atoms in total. The van der Waals surface area contributed by atoms with E-state index in [1.165, 1.54) is 15.4 Å². The van der Waals surface area contributed by atoms with Crippen LogP contribution in [0.3, 0.4) is 0 Å². The zero-order valence-electron chi connectivity index (χ0n) is 11.4. The van der Waals surface area contributed by atoms with Crippen molar-refractivity contribution in [1.29, 1.82) is 0 Å². The molecule has 0 spiro atoms. The molecule has 0 aromatic carbocycles. The van der Waals surface area contributed by atoms with Crippen molar-refractivity contribution >= 4 is 11.3 Å². The normalized spacial score (nSPS) is 11.1. The fourth-order valence-corrected chi connectivity index (χ4v) is 2.96. The molecule has 2 rings (SSSR count). The van der Waals surface area contributed by atoms with Gasteiger partial charge in [-0.1, -0.05) is 6.92 Å². The number of hydrogen-bond acceptors (Lipinski definition) is 3. The molecule has 2 aromatic rings. The van der Waals surface area contributed by atoms with Crippen LogP contribution in [0.25, 0.3) is 0 Å². The Hall–Kier alpha value is -1.13. The summed E-state index contributed by atoms with van der Waals surface area (Å²) in [5, 5.41) is 7.94. The quantitative estimate of drug-likeness (QED) is 0.868. The number of aryl methyl sites for hydroxylation is 3. The molecular formula is C14H21N3S. The van der Waals surface area contributed by atoms with Gasteiger partial charge in [-0.05, 0) is 38.5 Å². The molecule has 1 N–H and O–H groups in total. The minimum atomic E-state index is 0.883. The number of nitrogens with one attached hydrogen (secondary N) is 1. The Morgan fingerprint density at radius 2 is 2.00 bits per heavy atom. The van der Waals surface area contributed by atoms with Gasteiger partial charge in [0.2, 0.25) is 0 Å². The summed E-state index contributed by atoms with van der Waals surface area (Å²) in [4.78, 5) is 2.87. The number of hydrogen-bond donors (Lipinski definition) is 1. The standard InChI is InChI=1S/C14H21N3S/c1-4-13-6-7-14(18-13)10-15-9-12-8-11(3)16-17(12)5-2/h6-8,15H,4-5,9-10H2,1-3H3. The Morgan fingerprint density at radius 1 is 1.22 bits per heavy atom. The van der Waals surface area contributed by atoms with E-state index in [0.29, 0.717) is 0 Å². The van der Waals surface area contributed by atoms with Crippen molar-refractivity contribution in [1.82, 2.24) is 15.1 Å². The van der Waals surface area contributed by atoms with Crippen LogP contribution in [-0.2, 0) is 26.1 Å². The van der Waals surface area contributed by atoms with Crippen molar-refractivity contribution in [3.63, 3.8) is 0 Å². The molecule has 98 valence electrons. The lowest BCUT2D eigenvalue weighted by Crippen LogP contribution is -2.15. The van der Waals surface area contributed by atoms with Gasteiger partial charge in [-0.2, -0.15) is 5.10 Å². The zero-order chi connectivity index (χ0) is 13.0. The van der Waals surface area contributed by atoms with Crippen LogP contribution in [0, 0.1) is 6.92 Å². The number of rotatable bonds is 6. The molecule has 0 aliphatic rings. The molecule has 0 aliphatic heterocycles. The molecule has 0 aliphatic carbocycles. The van der Waals surface area contributed by atoms with E-state index in [4.69, 9.17) is 0 Å². The van der Waals surface area contributed by atoms with Crippen LogP contribution in [0.1, 0.15) is 35.0 Å². The first-order valence-corrected chi connectivity index (χ1v) is 7.36. The van der Waals surface area contributed by atoms with E-state index in [-0.39, 0.29) is 0 Å². The molecular weight excluding hydrogens is 242 g/mol. The van der Waals surface area contributed by atoms with Crippen molar-refractivity contribution in [2.24, 2.45) is 0 Å². The predicted octanol–water partition coefficient (Wildman–Crippen LogP) is 3.13. The Morgan fingerprint density at radius 3 is 2.67 bits per heavy atom. The van der Waals surface area contributed by atoms with Crippen LogP contribution in [-0.4, -0.2) is 9.78 Å². The lowest BCUT2D eigenvalue weighted by Gasteiger charge is -2.05. The van der Waals surface area contributed by atoms with Crippen LogP contribution >= 0.6 is 11.3 Å². The van der Waals surface area contributed by atoms with Crippen LogP contribution < -0.4 is 5.32 Å². The molecule has 4 heteroatoms. The number of aromatic nitrogens is 2. The van der Waals surface area contributed by atoms with Crippen molar-refractivity contribution in [3.05, 3.63) is 39.3 Å². The topological polar surface area (TPSA) is 29.9 Å². The van der Waals surface area contributed by atoms with Gasteiger partial charge in [0.05, 0.1) is 11.4 Å². The van der Waals surface area contributed by atoms with Gasteiger partial charge in [0.25, 0.3) is 0 Å². The van der Waals surface area contributed by atoms with Gasteiger partial charge in [-0.25, -0.2) is 0 Å². The maximum atomic E-state index is 4.45. The van der Waals surface area contributed by atoms with Gasteiger partial charge < -0.3 is 5.32 Å². The molecule has 0 amide bonds. The highest BCUT2D eigenvalue weighted by Crippen LogP contribution is 2.16. The maximum absolute atomic E-state index is 4.45. The summed E-state index contributed by atoms with van der Waals surface area (Å²) in [5.41, 5.74) is 2.36. The smallest absolute Gasteiger partial charge is 0.0597 e. The third-order valence-electron chi connectivity index (χ3n) is 2.96. The van der Waals surface area contributed by atoms with Crippen molar-refractivity contribution in [3.8, 4) is 0 Å². The highest BCUT2D eigenvalue weighted by Gasteiger charge is 2.04. The summed E-state index contributed by atoms with van der Waals surface area (Å²) in [6.45, 7) is 9.13. The summed E-state index contributed by atoms with van der Waals surface area (Å²) >= 11 is 1.90. The van der Waals surface area contributed by atoms with E-state index in [1.807, 2.05) is 18.3 Å². The highest BCUT2D eigenvalue weighted by molar-refractivity contribution is 7.11. The summed E-state index contributed by atoms with van der Waals surface area (Å²) in [7, 11) is 0. The first-order valence-electron chi connectivity index (χ1n) is 6.54. The van der Waals surface area contributed by atoms with Crippen LogP contribution in [0.4, 0.5) is 0 Å². The van der Waals surface area contributed by atoms with Gasteiger partial charge in [0.1, 0.15) is 0 Å². The van der Waals surface area contributed by atoms with Crippen molar-refractivity contribution in [2.45, 2.75) is 46.8 Å². The van der Waals surface area contributed by atoms with Gasteiger partial charge >= 0.3 is 0 Å². The fourth-order valence-electron chi connectivity index (χ4n) is 2.04. The fraction of sp³-hybridized carbons (Fsp3) is 0.500. The maximum Gasteiger partial charge on any atom is 0.0597 e. The Labute approximate surface area is 113 Å². The zero-order valence-corrected chi connectivity index (χ0v) is 12.2. The second-order valence-electron chi connectivity index (χ2n) is 4.42. The first kappa shape index (κ1) is 13.3. The molecule has 0 unspecified atom stereocenters. The SMILES string of the molecule is CCc1ccc(CNCc2cc(C)nn2CC)s1. The van der Waals surface area contributed by atoms with Gasteiger partial charge in [-0.15, -0.1) is 11.3 Å². The third-order valence-corrected chi connectivity index (χ3v) is 4.19. The lowest BCUT2D eigenvalue weighted by molar-refractivity contribution is 0.581. The molecule has 0 bridgehead atoms. The number of thiophene rings is 1. The highest BCUT2D eigenvalue weighted by atomic mass is 32.1. The van der Waals surface area contributed by atoms with E-state index < -0.39 is 0 Å². The molecule has 2 heterocycles. The summed E-state index contributed by atoms with van der Waals surface area (Å²) < 4.78 is 2.06. The average molecular weight is 263 g/mol. The Balaban J connectivity index is 1.87. The number of nitrogens with zero attached hydrogens (tertiary/aromatic N) is 2. The molecule has 0 fully saturated rings. The molecule has 0 saturated carbocycles. The largest absolute Gasteiger partial charge is 0.306 e. The Bertz CT molecular complexity index is 499. The average Bonchev–Trinajstić information content (AvgIpc) is 2.96. The predicted molar refractivity (Wildman–Crippen MR) is 76.9 cm³/mol. The minimum absolute atomic E-state index is 0.883. The molecule has 0 radical (unpaired) electrons. The second kappa shape index (κ2) is 6.16. The van der Waals surface area contributed by atoms with Crippen LogP contribution in [0.2, 0.25) is 0 Å². The molecule has 0 atom stereocenters. The second-order valence-corrected chi connectivity index (χ2v) is 5.67. The summed E-state index contributed by atoms with van der Waals surface area (Å²) in [6, 6.07) is 6.60. The van der Waals surface area contributed by atoms with E-state index in [9.17, 15) is 0 Å². The Kier molecular flexibility index (Phi) is 4.55. The molecule has 2 aromatic heterocycles. The van der Waals surface area contributed by atoms with E-state index in [0.717, 1.165) is 31.7 Å². The van der Waals surface area contributed by atoms with Gasteiger partial charge in [-0.3, -0.25) is 4.68 Å². The van der Waals surface area contributed by atoms with Crippen molar-refractivity contribution < 1.29 is 0 Å². The lowest BCUT2D eigenvalue weighted by atomic mass is 10.3. The summed E-state index contributed by atoms with van der Waals surface area (Å²) in [6.07, 6.45) is 1.13. The van der Waals surface area contributed by atoms with Crippen LogP contribution in [0.15, 0.2) is 18.2 Å². The van der Waals surface area contributed by atoms with Crippen molar-refractivity contribution in [2.75, 3.05) is 0 Å². The van der Waals surface area contributed by atoms with E-state index in [1.54, 1.807) is 0 Å². The van der Waals surface area contributed by atoms with E-state index in [2.05, 4.69) is 47.1 Å². The van der Waals surface area contributed by atoms with Crippen LogP contribution in [0.5, 0.6) is 0 Å². The van der Waals surface area contributed by atoms with Gasteiger partial charge in [0, 0.05) is 29.4 Å². The minimum Gasteiger partial charge on any atom is -0.306 e. The monoisotopic (exact) mass is 263 g/mol. The molecule has 0 saturated heterocycles.